The van der Waals surface area contributed by atoms with Crippen LogP contribution in [0.4, 0.5) is 0 Å². The molecule has 0 aliphatic heterocycles. The van der Waals surface area contributed by atoms with Crippen LogP contribution in [-0.4, -0.2) is 5.91 Å². The zero-order valence-electron chi connectivity index (χ0n) is 6.63. The summed E-state index contributed by atoms with van der Waals surface area (Å²) in [5.74, 6) is 1.30. The van der Waals surface area contributed by atoms with Crippen molar-refractivity contribution in [3.8, 4) is 0 Å². The maximum atomic E-state index is 10.7. The predicted molar refractivity (Wildman–Crippen MR) is 40.2 cm³/mol. The molecule has 2 unspecified atom stereocenters. The molecule has 1 aliphatic rings. The molecule has 0 aromatic rings. The Kier molecular flexibility index (Phi) is 1.97. The second-order valence-corrected chi connectivity index (χ2v) is 3.07. The van der Waals surface area contributed by atoms with Crippen LogP contribution in [0, 0.1) is 17.8 Å². The van der Waals surface area contributed by atoms with Crippen molar-refractivity contribution in [2.45, 2.75) is 26.7 Å². The molecule has 2 heteroatoms. The highest BCUT2D eigenvalue weighted by Gasteiger charge is 2.50. The van der Waals surface area contributed by atoms with Crippen LogP contribution < -0.4 is 5.73 Å². The minimum atomic E-state index is -0.0984. The van der Waals surface area contributed by atoms with Crippen LogP contribution in [0.15, 0.2) is 0 Å². The van der Waals surface area contributed by atoms with Gasteiger partial charge in [-0.2, -0.15) is 0 Å². The molecule has 1 rings (SSSR count). The van der Waals surface area contributed by atoms with Crippen LogP contribution in [-0.2, 0) is 4.79 Å². The van der Waals surface area contributed by atoms with E-state index in [-0.39, 0.29) is 11.8 Å². The van der Waals surface area contributed by atoms with E-state index >= 15 is 0 Å². The highest BCUT2D eigenvalue weighted by molar-refractivity contribution is 5.80. The molecule has 1 aliphatic carbocycles. The van der Waals surface area contributed by atoms with E-state index in [1.807, 2.05) is 0 Å². The molecule has 0 heterocycles. The van der Waals surface area contributed by atoms with Crippen LogP contribution in [0.3, 0.4) is 0 Å². The van der Waals surface area contributed by atoms with Crippen molar-refractivity contribution in [1.82, 2.24) is 0 Å². The lowest BCUT2D eigenvalue weighted by Gasteiger charge is -1.86. The van der Waals surface area contributed by atoms with Gasteiger partial charge in [-0.25, -0.2) is 0 Å². The summed E-state index contributed by atoms with van der Waals surface area (Å²) in [7, 11) is 0. The smallest absolute Gasteiger partial charge is 0.221 e. The normalized spacial score (nSPS) is 37.6. The van der Waals surface area contributed by atoms with Crippen molar-refractivity contribution in [3.63, 3.8) is 0 Å². The molecule has 0 bridgehead atoms. The van der Waals surface area contributed by atoms with Crippen LogP contribution in [0.5, 0.6) is 0 Å². The molecule has 0 spiro atoms. The van der Waals surface area contributed by atoms with E-state index in [4.69, 9.17) is 5.73 Å². The quantitative estimate of drug-likeness (QED) is 0.629. The Morgan fingerprint density at radius 3 is 1.80 bits per heavy atom. The van der Waals surface area contributed by atoms with Gasteiger partial charge in [-0.15, -0.1) is 0 Å². The number of hydrogen-bond donors (Lipinski definition) is 1. The Morgan fingerprint density at radius 2 is 1.70 bits per heavy atom. The Morgan fingerprint density at radius 1 is 1.30 bits per heavy atom. The number of primary amides is 1. The minimum Gasteiger partial charge on any atom is -0.369 e. The molecule has 2 nitrogen and oxygen atoms in total. The molecule has 0 aromatic carbocycles. The predicted octanol–water partition coefficient (Wildman–Crippen LogP) is 1.15. The van der Waals surface area contributed by atoms with Crippen molar-refractivity contribution in [1.29, 1.82) is 0 Å². The maximum Gasteiger partial charge on any atom is 0.221 e. The first-order valence-corrected chi connectivity index (χ1v) is 4.01. The van der Waals surface area contributed by atoms with Crippen molar-refractivity contribution < 1.29 is 4.79 Å². The van der Waals surface area contributed by atoms with E-state index in [0.717, 1.165) is 12.8 Å². The number of nitrogens with two attached hydrogens (primary N) is 1. The molecule has 1 saturated carbocycles. The van der Waals surface area contributed by atoms with Gasteiger partial charge in [0.1, 0.15) is 0 Å². The molecule has 1 fully saturated rings. The lowest BCUT2D eigenvalue weighted by atomic mass is 10.2. The fraction of sp³-hybridized carbons (Fsp3) is 0.875. The first kappa shape index (κ1) is 7.58. The molecule has 2 atom stereocenters. The highest BCUT2D eigenvalue weighted by Crippen LogP contribution is 2.50. The summed E-state index contributed by atoms with van der Waals surface area (Å²) in [5, 5.41) is 0. The summed E-state index contributed by atoms with van der Waals surface area (Å²) in [6.07, 6.45) is 2.21. The van der Waals surface area contributed by atoms with Gasteiger partial charge >= 0.3 is 0 Å². The number of rotatable bonds is 3. The average molecular weight is 141 g/mol. The number of hydrogen-bond acceptors (Lipinski definition) is 1. The van der Waals surface area contributed by atoms with Crippen molar-refractivity contribution in [2.24, 2.45) is 23.5 Å². The zero-order chi connectivity index (χ0) is 7.72. The summed E-state index contributed by atoms with van der Waals surface area (Å²) in [5.41, 5.74) is 5.19. The Balaban J connectivity index is 2.44. The number of amides is 1. The van der Waals surface area contributed by atoms with Gasteiger partial charge in [0.05, 0.1) is 0 Å². The summed E-state index contributed by atoms with van der Waals surface area (Å²) in [6.45, 7) is 4.24. The van der Waals surface area contributed by atoms with Gasteiger partial charge in [0.2, 0.25) is 5.91 Å². The van der Waals surface area contributed by atoms with E-state index < -0.39 is 0 Å². The average Bonchev–Trinajstić information content (AvgIpc) is 2.60. The number of carbonyl (C=O) groups excluding carboxylic acids is 1. The van der Waals surface area contributed by atoms with Gasteiger partial charge in [0, 0.05) is 5.92 Å². The lowest BCUT2D eigenvalue weighted by molar-refractivity contribution is -0.119. The topological polar surface area (TPSA) is 43.1 Å². The maximum absolute atomic E-state index is 10.7. The summed E-state index contributed by atoms with van der Waals surface area (Å²) in [6, 6.07) is 0. The SMILES string of the molecule is CCC1C(CC)C1C(N)=O. The Hall–Kier alpha value is -0.530. The molecule has 0 aromatic heterocycles. The third kappa shape index (κ3) is 1.02. The van der Waals surface area contributed by atoms with Gasteiger partial charge in [-0.3, -0.25) is 4.79 Å². The highest BCUT2D eigenvalue weighted by atomic mass is 16.1. The summed E-state index contributed by atoms with van der Waals surface area (Å²) < 4.78 is 0. The first-order valence-electron chi connectivity index (χ1n) is 4.01. The van der Waals surface area contributed by atoms with Crippen LogP contribution in [0.2, 0.25) is 0 Å². The van der Waals surface area contributed by atoms with E-state index in [2.05, 4.69) is 13.8 Å². The molecule has 0 saturated heterocycles. The fourth-order valence-corrected chi connectivity index (χ4v) is 1.98. The third-order valence-electron chi connectivity index (χ3n) is 2.60. The molecule has 58 valence electrons. The van der Waals surface area contributed by atoms with Crippen LogP contribution >= 0.6 is 0 Å². The Bertz CT molecular complexity index is 134. The molecule has 2 N–H and O–H groups in total. The van der Waals surface area contributed by atoms with Gasteiger partial charge in [0.15, 0.2) is 0 Å². The van der Waals surface area contributed by atoms with Crippen molar-refractivity contribution in [3.05, 3.63) is 0 Å². The van der Waals surface area contributed by atoms with Gasteiger partial charge in [0.25, 0.3) is 0 Å². The molecule has 10 heavy (non-hydrogen) atoms. The lowest BCUT2D eigenvalue weighted by Crippen LogP contribution is -2.14. The van der Waals surface area contributed by atoms with E-state index in [9.17, 15) is 4.79 Å². The van der Waals surface area contributed by atoms with Crippen molar-refractivity contribution >= 4 is 5.91 Å². The third-order valence-corrected chi connectivity index (χ3v) is 2.60. The monoisotopic (exact) mass is 141 g/mol. The largest absolute Gasteiger partial charge is 0.369 e. The van der Waals surface area contributed by atoms with Gasteiger partial charge in [-0.05, 0) is 11.8 Å². The molecular formula is C8H15NO. The van der Waals surface area contributed by atoms with E-state index in [1.165, 1.54) is 0 Å². The standard InChI is InChI=1S/C8H15NO/c1-3-5-6(4-2)7(5)8(9)10/h5-7H,3-4H2,1-2H3,(H2,9,10). The molecule has 1 amide bonds. The van der Waals surface area contributed by atoms with Gasteiger partial charge in [-0.1, -0.05) is 26.7 Å². The fourth-order valence-electron chi connectivity index (χ4n) is 1.98. The van der Waals surface area contributed by atoms with Crippen molar-refractivity contribution in [2.75, 3.05) is 0 Å². The minimum absolute atomic E-state index is 0.0984. The molecule has 0 radical (unpaired) electrons. The Labute approximate surface area is 61.8 Å². The van der Waals surface area contributed by atoms with E-state index in [1.54, 1.807) is 0 Å². The summed E-state index contributed by atoms with van der Waals surface area (Å²) >= 11 is 0. The number of carbonyl (C=O) groups is 1. The first-order chi connectivity index (χ1) is 4.72. The summed E-state index contributed by atoms with van der Waals surface area (Å²) in [4.78, 5) is 10.7. The van der Waals surface area contributed by atoms with Crippen LogP contribution in [0.1, 0.15) is 26.7 Å². The van der Waals surface area contributed by atoms with Crippen LogP contribution in [0.25, 0.3) is 0 Å². The second-order valence-electron chi connectivity index (χ2n) is 3.07. The van der Waals surface area contributed by atoms with Gasteiger partial charge < -0.3 is 5.73 Å². The zero-order valence-corrected chi connectivity index (χ0v) is 6.63. The van der Waals surface area contributed by atoms with E-state index in [0.29, 0.717) is 11.8 Å². The molecular weight excluding hydrogens is 126 g/mol. The second kappa shape index (κ2) is 2.60.